The fraction of sp³-hybridized carbons (Fsp3) is 0.708. The van der Waals surface area contributed by atoms with Crippen LogP contribution in [0.4, 0.5) is 0 Å². The molecule has 7 heteroatoms. The highest BCUT2D eigenvalue weighted by Gasteiger charge is 2.32. The van der Waals surface area contributed by atoms with E-state index in [0.29, 0.717) is 6.04 Å². The van der Waals surface area contributed by atoms with Crippen LogP contribution in [-0.2, 0) is 9.47 Å². The van der Waals surface area contributed by atoms with E-state index in [2.05, 4.69) is 44.4 Å². The number of benzene rings is 1. The number of morpholine rings is 1. The van der Waals surface area contributed by atoms with Crippen molar-refractivity contribution < 1.29 is 14.2 Å². The maximum atomic E-state index is 6.03. The molecule has 0 aromatic heterocycles. The molecule has 3 atom stereocenters. The Morgan fingerprint density at radius 3 is 2.52 bits per heavy atom. The van der Waals surface area contributed by atoms with Crippen molar-refractivity contribution in [3.8, 4) is 5.75 Å². The summed E-state index contributed by atoms with van der Waals surface area (Å²) in [5, 5.41) is 3.68. The van der Waals surface area contributed by atoms with Gasteiger partial charge in [-0.15, -0.1) is 0 Å². The van der Waals surface area contributed by atoms with Crippen molar-refractivity contribution in [1.29, 1.82) is 0 Å². The molecule has 3 fully saturated rings. The Kier molecular flexibility index (Phi) is 8.05. The Hall–Kier alpha value is -1.83. The summed E-state index contributed by atoms with van der Waals surface area (Å²) in [6.45, 7) is 6.41. The first-order chi connectivity index (χ1) is 15.3. The maximum Gasteiger partial charge on any atom is 0.193 e. The summed E-state index contributed by atoms with van der Waals surface area (Å²) in [5.74, 6) is 1.86. The van der Waals surface area contributed by atoms with Crippen molar-refractivity contribution in [2.75, 3.05) is 60.1 Å². The van der Waals surface area contributed by atoms with Crippen LogP contribution in [-0.4, -0.2) is 88.1 Å². The van der Waals surface area contributed by atoms with Gasteiger partial charge in [-0.1, -0.05) is 18.6 Å². The normalized spacial score (nSPS) is 26.6. The first-order valence-electron chi connectivity index (χ1n) is 11.9. The second kappa shape index (κ2) is 11.2. The summed E-state index contributed by atoms with van der Waals surface area (Å²) < 4.78 is 17.3. The molecule has 0 radical (unpaired) electrons. The highest BCUT2D eigenvalue weighted by Crippen LogP contribution is 2.26. The first kappa shape index (κ1) is 22.4. The molecule has 4 rings (SSSR count). The van der Waals surface area contributed by atoms with Crippen molar-refractivity contribution in [3.63, 3.8) is 0 Å². The Morgan fingerprint density at radius 2 is 1.84 bits per heavy atom. The molecule has 7 nitrogen and oxygen atoms in total. The van der Waals surface area contributed by atoms with Crippen LogP contribution >= 0.6 is 0 Å². The van der Waals surface area contributed by atoms with Gasteiger partial charge in [0.05, 0.1) is 25.9 Å². The molecule has 1 aromatic rings. The van der Waals surface area contributed by atoms with E-state index in [1.165, 1.54) is 24.8 Å². The minimum absolute atomic E-state index is 0.134. The monoisotopic (exact) mass is 430 g/mol. The van der Waals surface area contributed by atoms with Crippen molar-refractivity contribution in [1.82, 2.24) is 15.1 Å². The van der Waals surface area contributed by atoms with Crippen molar-refractivity contribution in [2.45, 2.75) is 50.4 Å². The summed E-state index contributed by atoms with van der Waals surface area (Å²) in [7, 11) is 3.59. The van der Waals surface area contributed by atoms with Gasteiger partial charge < -0.3 is 24.4 Å². The molecular weight excluding hydrogens is 392 g/mol. The van der Waals surface area contributed by atoms with E-state index in [0.717, 1.165) is 70.5 Å². The van der Waals surface area contributed by atoms with Crippen LogP contribution < -0.4 is 10.1 Å². The van der Waals surface area contributed by atoms with Gasteiger partial charge >= 0.3 is 0 Å². The minimum atomic E-state index is 0.134. The van der Waals surface area contributed by atoms with E-state index in [9.17, 15) is 0 Å². The van der Waals surface area contributed by atoms with Gasteiger partial charge in [-0.05, 0) is 56.5 Å². The number of hydrogen-bond donors (Lipinski definition) is 1. The molecule has 3 aliphatic rings. The number of methoxy groups -OCH3 is 1. The maximum absolute atomic E-state index is 6.03. The highest BCUT2D eigenvalue weighted by molar-refractivity contribution is 5.80. The molecule has 1 aromatic carbocycles. The van der Waals surface area contributed by atoms with E-state index < -0.39 is 0 Å². The molecule has 3 saturated heterocycles. The zero-order chi connectivity index (χ0) is 21.5. The summed E-state index contributed by atoms with van der Waals surface area (Å²) in [6, 6.07) is 8.85. The van der Waals surface area contributed by atoms with E-state index in [1.54, 1.807) is 7.11 Å². The molecule has 3 unspecified atom stereocenters. The van der Waals surface area contributed by atoms with E-state index in [-0.39, 0.29) is 12.2 Å². The molecule has 3 aliphatic heterocycles. The van der Waals surface area contributed by atoms with Crippen molar-refractivity contribution in [2.24, 2.45) is 4.99 Å². The van der Waals surface area contributed by atoms with Gasteiger partial charge in [-0.25, -0.2) is 0 Å². The Morgan fingerprint density at radius 1 is 1.06 bits per heavy atom. The number of piperidine rings is 1. The second-order valence-electron chi connectivity index (χ2n) is 8.72. The van der Waals surface area contributed by atoms with Crippen LogP contribution in [0.1, 0.15) is 43.7 Å². The van der Waals surface area contributed by atoms with Gasteiger partial charge in [-0.3, -0.25) is 9.89 Å². The molecule has 0 saturated carbocycles. The number of hydrogen-bond acceptors (Lipinski definition) is 5. The number of guanidine groups is 1. The zero-order valence-electron chi connectivity index (χ0n) is 19.1. The summed E-state index contributed by atoms with van der Waals surface area (Å²) in [4.78, 5) is 9.55. The lowest BCUT2D eigenvalue weighted by Crippen LogP contribution is -2.54. The van der Waals surface area contributed by atoms with Crippen molar-refractivity contribution >= 4 is 5.96 Å². The quantitative estimate of drug-likeness (QED) is 0.553. The number of aliphatic imine (C=N–C) groups is 1. The van der Waals surface area contributed by atoms with Gasteiger partial charge in [-0.2, -0.15) is 0 Å². The predicted octanol–water partition coefficient (Wildman–Crippen LogP) is 2.68. The number of nitrogens with one attached hydrogen (secondary N) is 1. The zero-order valence-corrected chi connectivity index (χ0v) is 19.1. The molecule has 31 heavy (non-hydrogen) atoms. The molecular formula is C24H38N4O3. The fourth-order valence-electron chi connectivity index (χ4n) is 5.02. The topological polar surface area (TPSA) is 58.6 Å². The lowest BCUT2D eigenvalue weighted by atomic mass is 10.0. The van der Waals surface area contributed by atoms with Gasteiger partial charge in [0.1, 0.15) is 11.9 Å². The third-order valence-electron chi connectivity index (χ3n) is 6.77. The standard InChI is InChI=1S/C24H38N4O3/c1-25-24(28-14-16-31-23(18-28)22-7-6-15-30-22)26-17-21(27-12-4-3-5-13-27)19-8-10-20(29-2)11-9-19/h8-11,21-23H,3-7,12-18H2,1-2H3,(H,25,26). The molecule has 0 aliphatic carbocycles. The minimum Gasteiger partial charge on any atom is -0.497 e. The van der Waals surface area contributed by atoms with E-state index in [4.69, 9.17) is 14.2 Å². The highest BCUT2D eigenvalue weighted by atomic mass is 16.5. The molecule has 0 amide bonds. The average molecular weight is 431 g/mol. The second-order valence-corrected chi connectivity index (χ2v) is 8.72. The third kappa shape index (κ3) is 5.70. The average Bonchev–Trinajstić information content (AvgIpc) is 3.38. The van der Waals surface area contributed by atoms with Crippen LogP contribution in [0.5, 0.6) is 5.75 Å². The lowest BCUT2D eigenvalue weighted by Gasteiger charge is -2.39. The summed E-state index contributed by atoms with van der Waals surface area (Å²) in [5.41, 5.74) is 1.32. The Bertz CT molecular complexity index is 699. The fourth-order valence-corrected chi connectivity index (χ4v) is 5.02. The van der Waals surface area contributed by atoms with Crippen LogP contribution in [0.3, 0.4) is 0 Å². The van der Waals surface area contributed by atoms with E-state index in [1.807, 2.05) is 7.05 Å². The molecule has 172 valence electrons. The number of likely N-dealkylation sites (tertiary alicyclic amines) is 1. The Balaban J connectivity index is 1.41. The number of rotatable bonds is 6. The van der Waals surface area contributed by atoms with E-state index >= 15 is 0 Å². The van der Waals surface area contributed by atoms with Gasteiger partial charge in [0.25, 0.3) is 0 Å². The SMILES string of the molecule is CN=C(NCC(c1ccc(OC)cc1)N1CCCCC1)N1CCOC(C2CCCO2)C1. The first-order valence-corrected chi connectivity index (χ1v) is 11.9. The predicted molar refractivity (Wildman–Crippen MR) is 123 cm³/mol. The third-order valence-corrected chi connectivity index (χ3v) is 6.77. The van der Waals surface area contributed by atoms with Crippen LogP contribution in [0.25, 0.3) is 0 Å². The number of ether oxygens (including phenoxy) is 3. The van der Waals surface area contributed by atoms with Gasteiger partial charge in [0.15, 0.2) is 5.96 Å². The summed E-state index contributed by atoms with van der Waals surface area (Å²) in [6.07, 6.45) is 6.47. The largest absolute Gasteiger partial charge is 0.497 e. The molecule has 1 N–H and O–H groups in total. The lowest BCUT2D eigenvalue weighted by molar-refractivity contribution is -0.0817. The van der Waals surface area contributed by atoms with Crippen LogP contribution in [0.2, 0.25) is 0 Å². The number of nitrogens with zero attached hydrogens (tertiary/aromatic N) is 3. The van der Waals surface area contributed by atoms with Gasteiger partial charge in [0, 0.05) is 33.3 Å². The molecule has 3 heterocycles. The molecule has 0 bridgehead atoms. The molecule has 0 spiro atoms. The van der Waals surface area contributed by atoms with Crippen LogP contribution in [0, 0.1) is 0 Å². The smallest absolute Gasteiger partial charge is 0.193 e. The summed E-state index contributed by atoms with van der Waals surface area (Å²) >= 11 is 0. The van der Waals surface area contributed by atoms with Crippen molar-refractivity contribution in [3.05, 3.63) is 29.8 Å². The Labute approximate surface area is 186 Å². The van der Waals surface area contributed by atoms with Gasteiger partial charge in [0.2, 0.25) is 0 Å². The van der Waals surface area contributed by atoms with Crippen LogP contribution in [0.15, 0.2) is 29.3 Å².